The quantitative estimate of drug-likeness (QED) is 0.594. The molecule has 6 heteroatoms. The number of rotatable bonds is 11. The average molecular weight is 411 g/mol. The van der Waals surface area contributed by atoms with Crippen molar-refractivity contribution in [1.82, 2.24) is 4.90 Å². The van der Waals surface area contributed by atoms with Crippen LogP contribution in [0.2, 0.25) is 0 Å². The Morgan fingerprint density at radius 1 is 1.07 bits per heavy atom. The number of carboxylic acids is 1. The van der Waals surface area contributed by atoms with Gasteiger partial charge in [-0.15, -0.1) is 0 Å². The third kappa shape index (κ3) is 6.07. The van der Waals surface area contributed by atoms with E-state index in [4.69, 9.17) is 15.6 Å². The van der Waals surface area contributed by atoms with Gasteiger partial charge in [0.15, 0.2) is 0 Å². The van der Waals surface area contributed by atoms with Gasteiger partial charge in [-0.25, -0.2) is 0 Å². The molecule has 3 rings (SSSR count). The molecular weight excluding hydrogens is 380 g/mol. The van der Waals surface area contributed by atoms with Gasteiger partial charge in [0, 0.05) is 6.54 Å². The highest BCUT2D eigenvalue weighted by molar-refractivity contribution is 5.85. The molecule has 0 bridgehead atoms. The fraction of sp³-hybridized carbons (Fsp3) is 0.417. The molecule has 3 N–H and O–H groups in total. The van der Waals surface area contributed by atoms with Crippen molar-refractivity contribution in [3.8, 4) is 5.75 Å². The maximum Gasteiger partial charge on any atom is 0.304 e. The lowest BCUT2D eigenvalue weighted by Gasteiger charge is -2.25. The van der Waals surface area contributed by atoms with Gasteiger partial charge in [0.25, 0.3) is 0 Å². The first-order valence-electron chi connectivity index (χ1n) is 10.5. The van der Waals surface area contributed by atoms with Gasteiger partial charge in [-0.1, -0.05) is 42.5 Å². The Bertz CT molecular complexity index is 823. The molecule has 1 fully saturated rings. The lowest BCUT2D eigenvalue weighted by molar-refractivity contribution is -0.142. The van der Waals surface area contributed by atoms with Crippen molar-refractivity contribution in [2.75, 3.05) is 19.7 Å². The summed E-state index contributed by atoms with van der Waals surface area (Å²) >= 11 is 0. The number of aliphatic carboxylic acids is 1. The SMILES string of the molecule is NCCc1ccc(OC[C@@H]2C[C@@H](CC(=O)O)C(=O)N2CCCc2ccccc2)cc1. The molecule has 0 radical (unpaired) electrons. The number of hydrogen-bond acceptors (Lipinski definition) is 4. The van der Waals surface area contributed by atoms with Crippen molar-refractivity contribution in [1.29, 1.82) is 0 Å². The number of aryl methyl sites for hydroxylation is 1. The molecule has 1 amide bonds. The molecule has 0 spiro atoms. The van der Waals surface area contributed by atoms with Gasteiger partial charge in [0.2, 0.25) is 5.91 Å². The number of likely N-dealkylation sites (tertiary alicyclic amines) is 1. The molecule has 0 unspecified atom stereocenters. The Hall–Kier alpha value is -2.86. The number of carbonyl (C=O) groups is 2. The summed E-state index contributed by atoms with van der Waals surface area (Å²) in [7, 11) is 0. The first kappa shape index (κ1) is 21.8. The standard InChI is InChI=1S/C24H30N2O4/c25-13-12-19-8-10-22(11-9-19)30-17-21-15-20(16-23(27)28)24(29)26(21)14-4-7-18-5-2-1-3-6-18/h1-3,5-6,8-11,20-21H,4,7,12-17,25H2,(H,27,28)/t20-,21-/m0/s1. The minimum Gasteiger partial charge on any atom is -0.491 e. The summed E-state index contributed by atoms with van der Waals surface area (Å²) in [4.78, 5) is 25.8. The summed E-state index contributed by atoms with van der Waals surface area (Å²) in [6.45, 7) is 1.57. The summed E-state index contributed by atoms with van der Waals surface area (Å²) in [6, 6.07) is 17.9. The molecule has 1 heterocycles. The van der Waals surface area contributed by atoms with Gasteiger partial charge in [-0.2, -0.15) is 0 Å². The molecule has 2 atom stereocenters. The number of carboxylic acid groups (broad SMARTS) is 1. The van der Waals surface area contributed by atoms with E-state index in [1.165, 1.54) is 5.56 Å². The van der Waals surface area contributed by atoms with Crippen LogP contribution in [0.25, 0.3) is 0 Å². The van der Waals surface area contributed by atoms with Crippen LogP contribution in [-0.2, 0) is 22.4 Å². The summed E-state index contributed by atoms with van der Waals surface area (Å²) in [5, 5.41) is 9.16. The topological polar surface area (TPSA) is 92.9 Å². The first-order chi connectivity index (χ1) is 14.6. The zero-order valence-corrected chi connectivity index (χ0v) is 17.2. The van der Waals surface area contributed by atoms with Gasteiger partial charge < -0.3 is 20.5 Å². The van der Waals surface area contributed by atoms with Crippen LogP contribution in [0.1, 0.15) is 30.4 Å². The fourth-order valence-electron chi connectivity index (χ4n) is 4.01. The molecular formula is C24H30N2O4. The Balaban J connectivity index is 1.59. The van der Waals surface area contributed by atoms with Crippen molar-refractivity contribution >= 4 is 11.9 Å². The number of amides is 1. The van der Waals surface area contributed by atoms with Crippen molar-refractivity contribution < 1.29 is 19.4 Å². The smallest absolute Gasteiger partial charge is 0.304 e. The number of nitrogens with zero attached hydrogens (tertiary/aromatic N) is 1. The predicted molar refractivity (Wildman–Crippen MR) is 115 cm³/mol. The van der Waals surface area contributed by atoms with Crippen LogP contribution in [0.4, 0.5) is 0 Å². The number of nitrogens with two attached hydrogens (primary N) is 1. The molecule has 1 aliphatic rings. The van der Waals surface area contributed by atoms with Crippen molar-refractivity contribution in [3.05, 3.63) is 65.7 Å². The molecule has 1 saturated heterocycles. The Morgan fingerprint density at radius 3 is 2.43 bits per heavy atom. The van der Waals surface area contributed by atoms with E-state index in [1.807, 2.05) is 47.4 Å². The zero-order valence-electron chi connectivity index (χ0n) is 17.2. The number of ether oxygens (including phenoxy) is 1. The highest BCUT2D eigenvalue weighted by Gasteiger charge is 2.40. The average Bonchev–Trinajstić information content (AvgIpc) is 3.03. The van der Waals surface area contributed by atoms with Gasteiger partial charge in [0.05, 0.1) is 18.4 Å². The second-order valence-electron chi connectivity index (χ2n) is 7.80. The Kier molecular flexibility index (Phi) is 7.85. The molecule has 160 valence electrons. The number of benzene rings is 2. The van der Waals surface area contributed by atoms with E-state index in [0.717, 1.165) is 30.6 Å². The van der Waals surface area contributed by atoms with Crippen molar-refractivity contribution in [3.63, 3.8) is 0 Å². The minimum atomic E-state index is -0.936. The molecule has 6 nitrogen and oxygen atoms in total. The molecule has 2 aromatic carbocycles. The maximum absolute atomic E-state index is 12.8. The highest BCUT2D eigenvalue weighted by atomic mass is 16.5. The van der Waals surface area contributed by atoms with Crippen LogP contribution in [0.15, 0.2) is 54.6 Å². The van der Waals surface area contributed by atoms with E-state index in [0.29, 0.717) is 26.1 Å². The van der Waals surface area contributed by atoms with Gasteiger partial charge in [-0.3, -0.25) is 9.59 Å². The van der Waals surface area contributed by atoms with E-state index in [2.05, 4.69) is 12.1 Å². The third-order valence-corrected chi connectivity index (χ3v) is 5.56. The van der Waals surface area contributed by atoms with Crippen LogP contribution in [0, 0.1) is 5.92 Å². The van der Waals surface area contributed by atoms with Crippen LogP contribution in [0.3, 0.4) is 0 Å². The largest absolute Gasteiger partial charge is 0.491 e. The first-order valence-corrected chi connectivity index (χ1v) is 10.5. The van der Waals surface area contributed by atoms with Crippen molar-refractivity contribution in [2.24, 2.45) is 11.7 Å². The minimum absolute atomic E-state index is 0.0719. The predicted octanol–water partition coefficient (Wildman–Crippen LogP) is 2.89. The van der Waals surface area contributed by atoms with E-state index in [9.17, 15) is 9.59 Å². The molecule has 0 aromatic heterocycles. The summed E-state index contributed by atoms with van der Waals surface area (Å²) in [5.74, 6) is -0.735. The lowest BCUT2D eigenvalue weighted by Crippen LogP contribution is -2.38. The van der Waals surface area contributed by atoms with Crippen LogP contribution < -0.4 is 10.5 Å². The second kappa shape index (κ2) is 10.8. The van der Waals surface area contributed by atoms with E-state index >= 15 is 0 Å². The van der Waals surface area contributed by atoms with Crippen LogP contribution >= 0.6 is 0 Å². The number of hydrogen-bond donors (Lipinski definition) is 2. The van der Waals surface area contributed by atoms with Gasteiger partial charge in [-0.05, 0) is 55.5 Å². The zero-order chi connectivity index (χ0) is 21.3. The summed E-state index contributed by atoms with van der Waals surface area (Å²) < 4.78 is 5.95. The lowest BCUT2D eigenvalue weighted by atomic mass is 10.0. The Morgan fingerprint density at radius 2 is 1.77 bits per heavy atom. The van der Waals surface area contributed by atoms with Crippen LogP contribution in [-0.4, -0.2) is 47.6 Å². The Labute approximate surface area is 177 Å². The molecule has 30 heavy (non-hydrogen) atoms. The summed E-state index contributed by atoms with van der Waals surface area (Å²) in [5.41, 5.74) is 7.97. The molecule has 1 aliphatic heterocycles. The van der Waals surface area contributed by atoms with Gasteiger partial charge in [0.1, 0.15) is 12.4 Å². The van der Waals surface area contributed by atoms with E-state index < -0.39 is 11.9 Å². The number of carbonyl (C=O) groups excluding carboxylic acids is 1. The normalized spacial score (nSPS) is 18.6. The van der Waals surface area contributed by atoms with Crippen LogP contribution in [0.5, 0.6) is 5.75 Å². The van der Waals surface area contributed by atoms with E-state index in [-0.39, 0.29) is 18.4 Å². The summed E-state index contributed by atoms with van der Waals surface area (Å²) in [6.07, 6.45) is 2.92. The maximum atomic E-state index is 12.8. The third-order valence-electron chi connectivity index (χ3n) is 5.56. The molecule has 0 aliphatic carbocycles. The van der Waals surface area contributed by atoms with Crippen molar-refractivity contribution in [2.45, 2.75) is 38.1 Å². The van der Waals surface area contributed by atoms with Gasteiger partial charge >= 0.3 is 5.97 Å². The van der Waals surface area contributed by atoms with E-state index in [1.54, 1.807) is 0 Å². The molecule has 0 saturated carbocycles. The fourth-order valence-corrected chi connectivity index (χ4v) is 4.01. The second-order valence-corrected chi connectivity index (χ2v) is 7.80. The molecule has 2 aromatic rings. The monoisotopic (exact) mass is 410 g/mol. The highest BCUT2D eigenvalue weighted by Crippen LogP contribution is 2.28.